The number of hydrogen-bond donors (Lipinski definition) is 1. The number of nitrogens with zero attached hydrogens (tertiary/aromatic N) is 1. The Bertz CT molecular complexity index is 557. The summed E-state index contributed by atoms with van der Waals surface area (Å²) >= 11 is 0. The minimum Gasteiger partial charge on any atom is -0.490 e. The van der Waals surface area contributed by atoms with Crippen molar-refractivity contribution in [3.05, 3.63) is 23.8 Å². The predicted molar refractivity (Wildman–Crippen MR) is 79.9 cm³/mol. The van der Waals surface area contributed by atoms with Crippen LogP contribution in [0.4, 0.5) is 0 Å². The molecule has 2 rings (SSSR count). The Morgan fingerprint density at radius 2 is 1.95 bits per heavy atom. The number of benzene rings is 1. The maximum Gasteiger partial charge on any atom is 0.308 e. The third-order valence-corrected chi connectivity index (χ3v) is 3.54. The molecular weight excluding hydrogens is 286 g/mol. The summed E-state index contributed by atoms with van der Waals surface area (Å²) in [7, 11) is 0. The second-order valence-electron chi connectivity index (χ2n) is 5.16. The fourth-order valence-corrected chi connectivity index (χ4v) is 2.50. The van der Waals surface area contributed by atoms with Crippen LogP contribution < -0.4 is 9.47 Å². The van der Waals surface area contributed by atoms with Gasteiger partial charge in [0.25, 0.3) is 0 Å². The zero-order valence-electron chi connectivity index (χ0n) is 12.9. The summed E-state index contributed by atoms with van der Waals surface area (Å²) in [4.78, 5) is 24.4. The van der Waals surface area contributed by atoms with Gasteiger partial charge in [-0.1, -0.05) is 6.07 Å². The van der Waals surface area contributed by atoms with E-state index < -0.39 is 11.9 Å². The van der Waals surface area contributed by atoms with E-state index in [-0.39, 0.29) is 18.9 Å². The Morgan fingerprint density at radius 3 is 2.55 bits per heavy atom. The smallest absolute Gasteiger partial charge is 0.308 e. The van der Waals surface area contributed by atoms with E-state index in [9.17, 15) is 9.59 Å². The van der Waals surface area contributed by atoms with Crippen molar-refractivity contribution in [2.45, 2.75) is 26.8 Å². The maximum absolute atomic E-state index is 11.9. The van der Waals surface area contributed by atoms with E-state index in [1.807, 2.05) is 32.0 Å². The van der Waals surface area contributed by atoms with Crippen molar-refractivity contribution in [2.24, 2.45) is 5.92 Å². The molecule has 6 nitrogen and oxygen atoms in total. The Kier molecular flexibility index (Phi) is 5.25. The summed E-state index contributed by atoms with van der Waals surface area (Å²) in [5.74, 6) is -0.342. The monoisotopic (exact) mass is 307 g/mol. The van der Waals surface area contributed by atoms with Crippen molar-refractivity contribution in [3.63, 3.8) is 0 Å². The largest absolute Gasteiger partial charge is 0.490 e. The molecule has 1 fully saturated rings. The normalized spacial score (nSPS) is 17.6. The third-order valence-electron chi connectivity index (χ3n) is 3.54. The van der Waals surface area contributed by atoms with Gasteiger partial charge in [-0.15, -0.1) is 0 Å². The van der Waals surface area contributed by atoms with E-state index in [0.29, 0.717) is 31.3 Å². The standard InChI is InChI=1S/C16H21NO5/c1-3-21-13-6-5-11(7-14(13)22-4-2)9-17-10-12(16(19)20)8-15(17)18/h5-7,12H,3-4,8-10H2,1-2H3,(H,19,20)/t12-/m1/s1. The summed E-state index contributed by atoms with van der Waals surface area (Å²) in [5, 5.41) is 9.01. The van der Waals surface area contributed by atoms with Gasteiger partial charge in [0.2, 0.25) is 5.91 Å². The first-order valence-corrected chi connectivity index (χ1v) is 7.44. The van der Waals surface area contributed by atoms with Crippen LogP contribution in [-0.2, 0) is 16.1 Å². The van der Waals surface area contributed by atoms with Crippen molar-refractivity contribution in [2.75, 3.05) is 19.8 Å². The molecule has 1 N–H and O–H groups in total. The number of amides is 1. The zero-order chi connectivity index (χ0) is 16.1. The van der Waals surface area contributed by atoms with Crippen LogP contribution in [0.25, 0.3) is 0 Å². The lowest BCUT2D eigenvalue weighted by atomic mass is 10.1. The fourth-order valence-electron chi connectivity index (χ4n) is 2.50. The van der Waals surface area contributed by atoms with Crippen molar-refractivity contribution in [1.82, 2.24) is 4.90 Å². The van der Waals surface area contributed by atoms with Crippen molar-refractivity contribution >= 4 is 11.9 Å². The van der Waals surface area contributed by atoms with Gasteiger partial charge in [-0.05, 0) is 31.5 Å². The van der Waals surface area contributed by atoms with Crippen LogP contribution in [0.1, 0.15) is 25.8 Å². The van der Waals surface area contributed by atoms with Crippen LogP contribution in [0.5, 0.6) is 11.5 Å². The highest BCUT2D eigenvalue weighted by molar-refractivity contribution is 5.86. The van der Waals surface area contributed by atoms with E-state index in [2.05, 4.69) is 0 Å². The molecule has 1 aromatic rings. The molecule has 0 radical (unpaired) electrons. The molecule has 0 bridgehead atoms. The van der Waals surface area contributed by atoms with Crippen LogP contribution in [0.15, 0.2) is 18.2 Å². The highest BCUT2D eigenvalue weighted by Crippen LogP contribution is 2.30. The molecule has 0 aromatic heterocycles. The Morgan fingerprint density at radius 1 is 1.27 bits per heavy atom. The van der Waals surface area contributed by atoms with Crippen LogP contribution in [0.3, 0.4) is 0 Å². The quantitative estimate of drug-likeness (QED) is 0.833. The van der Waals surface area contributed by atoms with E-state index in [4.69, 9.17) is 14.6 Å². The fraction of sp³-hybridized carbons (Fsp3) is 0.500. The van der Waals surface area contributed by atoms with Gasteiger partial charge in [0.05, 0.1) is 19.1 Å². The number of rotatable bonds is 7. The van der Waals surface area contributed by atoms with Crippen LogP contribution >= 0.6 is 0 Å². The SMILES string of the molecule is CCOc1ccc(CN2C[C@H](C(=O)O)CC2=O)cc1OCC. The molecule has 1 amide bonds. The summed E-state index contributed by atoms with van der Waals surface area (Å²) in [6.45, 7) is 5.50. The summed E-state index contributed by atoms with van der Waals surface area (Å²) in [5.41, 5.74) is 0.895. The van der Waals surface area contributed by atoms with Gasteiger partial charge in [0, 0.05) is 19.5 Å². The summed E-state index contributed by atoms with van der Waals surface area (Å²) in [6, 6.07) is 5.53. The number of carboxylic acids is 1. The molecule has 0 unspecified atom stereocenters. The zero-order valence-corrected chi connectivity index (χ0v) is 12.9. The van der Waals surface area contributed by atoms with Gasteiger partial charge in [-0.25, -0.2) is 0 Å². The van der Waals surface area contributed by atoms with Crippen LogP contribution in [0, 0.1) is 5.92 Å². The molecule has 1 aliphatic rings. The van der Waals surface area contributed by atoms with Crippen molar-refractivity contribution in [3.8, 4) is 11.5 Å². The van der Waals surface area contributed by atoms with Crippen LogP contribution in [-0.4, -0.2) is 41.6 Å². The molecule has 1 saturated heterocycles. The van der Waals surface area contributed by atoms with Gasteiger partial charge < -0.3 is 19.5 Å². The van der Waals surface area contributed by atoms with E-state index in [1.54, 1.807) is 4.90 Å². The van der Waals surface area contributed by atoms with Crippen LogP contribution in [0.2, 0.25) is 0 Å². The number of carboxylic acid groups (broad SMARTS) is 1. The predicted octanol–water partition coefficient (Wildman–Crippen LogP) is 1.92. The third kappa shape index (κ3) is 3.69. The lowest BCUT2D eigenvalue weighted by Gasteiger charge is -2.18. The lowest BCUT2D eigenvalue weighted by Crippen LogP contribution is -2.25. The molecular formula is C16H21NO5. The van der Waals surface area contributed by atoms with Gasteiger partial charge in [-0.3, -0.25) is 9.59 Å². The first kappa shape index (κ1) is 16.1. The maximum atomic E-state index is 11.9. The lowest BCUT2D eigenvalue weighted by molar-refractivity contribution is -0.141. The number of aliphatic carboxylic acids is 1. The van der Waals surface area contributed by atoms with E-state index in [1.165, 1.54) is 0 Å². The average Bonchev–Trinajstić information content (AvgIpc) is 2.84. The minimum absolute atomic E-state index is 0.0741. The van der Waals surface area contributed by atoms with Gasteiger partial charge >= 0.3 is 5.97 Å². The van der Waals surface area contributed by atoms with Crippen molar-refractivity contribution < 1.29 is 24.2 Å². The average molecular weight is 307 g/mol. The van der Waals surface area contributed by atoms with E-state index >= 15 is 0 Å². The van der Waals surface area contributed by atoms with Gasteiger partial charge in [0.1, 0.15) is 0 Å². The molecule has 6 heteroatoms. The Labute approximate surface area is 129 Å². The molecule has 1 atom stereocenters. The number of hydrogen-bond acceptors (Lipinski definition) is 4. The highest BCUT2D eigenvalue weighted by Gasteiger charge is 2.34. The molecule has 0 aliphatic carbocycles. The molecule has 120 valence electrons. The first-order chi connectivity index (χ1) is 10.5. The van der Waals surface area contributed by atoms with Crippen molar-refractivity contribution in [1.29, 1.82) is 0 Å². The molecule has 1 aromatic carbocycles. The summed E-state index contributed by atoms with van der Waals surface area (Å²) in [6.07, 6.45) is 0.0741. The first-order valence-electron chi connectivity index (χ1n) is 7.44. The molecule has 1 heterocycles. The Balaban J connectivity index is 2.11. The number of carbonyl (C=O) groups excluding carboxylic acids is 1. The van der Waals surface area contributed by atoms with E-state index in [0.717, 1.165) is 5.56 Å². The molecule has 1 aliphatic heterocycles. The highest BCUT2D eigenvalue weighted by atomic mass is 16.5. The van der Waals surface area contributed by atoms with Gasteiger partial charge in [-0.2, -0.15) is 0 Å². The second kappa shape index (κ2) is 7.15. The summed E-state index contributed by atoms with van der Waals surface area (Å²) < 4.78 is 11.1. The number of carbonyl (C=O) groups is 2. The topological polar surface area (TPSA) is 76.1 Å². The molecule has 0 spiro atoms. The number of ether oxygens (including phenoxy) is 2. The van der Waals surface area contributed by atoms with Gasteiger partial charge in [0.15, 0.2) is 11.5 Å². The second-order valence-corrected chi connectivity index (χ2v) is 5.16. The number of likely N-dealkylation sites (tertiary alicyclic amines) is 1. The molecule has 0 saturated carbocycles. The minimum atomic E-state index is -0.919. The molecule has 22 heavy (non-hydrogen) atoms. The Hall–Kier alpha value is -2.24.